The van der Waals surface area contributed by atoms with Gasteiger partial charge in [-0.2, -0.15) is 0 Å². The molecule has 1 N–H and O–H groups in total. The molecular weight excluding hydrogens is 331 g/mol. The van der Waals surface area contributed by atoms with Crippen LogP contribution in [0.5, 0.6) is 0 Å². The minimum absolute atomic E-state index is 0.103. The fourth-order valence-corrected chi connectivity index (χ4v) is 3.12. The topological polar surface area (TPSA) is 74.2 Å². The van der Waals surface area contributed by atoms with Crippen molar-refractivity contribution < 1.29 is 29.6 Å². The number of hydrogen-bond donors (Lipinski definition) is 1. The highest BCUT2D eigenvalue weighted by molar-refractivity contribution is 7.56. The molecule has 0 amide bonds. The number of rotatable bonds is 7. The Balaban J connectivity index is 2.36. The van der Waals surface area contributed by atoms with E-state index in [1.165, 1.54) is 6.08 Å². The van der Waals surface area contributed by atoms with Crippen LogP contribution in [0.4, 0.5) is 0 Å². The van der Waals surface area contributed by atoms with Gasteiger partial charge in [0.2, 0.25) is 0 Å². The fourth-order valence-electron chi connectivity index (χ4n) is 2.68. The van der Waals surface area contributed by atoms with Crippen LogP contribution in [-0.4, -0.2) is 43.5 Å². The van der Waals surface area contributed by atoms with Gasteiger partial charge in [-0.25, -0.2) is 0 Å². The van der Waals surface area contributed by atoms with E-state index in [-0.39, 0.29) is 6.10 Å². The van der Waals surface area contributed by atoms with Crippen LogP contribution in [0.3, 0.4) is 0 Å². The first-order valence-corrected chi connectivity index (χ1v) is 9.34. The van der Waals surface area contributed by atoms with Gasteiger partial charge in [0.15, 0.2) is 0 Å². The minimum atomic E-state index is -4.15. The zero-order chi connectivity index (χ0) is 18.6. The average molecular weight is 357 g/mol. The SMILES string of the molecule is [2H]/C(=C\[C@H]1O[C@@H](c2ccccc2)[C@H](OC)[C@@H]1OC(C)C)P(=O)(O)OC. The van der Waals surface area contributed by atoms with Crippen molar-refractivity contribution in [3.05, 3.63) is 47.8 Å². The summed E-state index contributed by atoms with van der Waals surface area (Å²) in [7, 11) is -1.49. The van der Waals surface area contributed by atoms with E-state index in [0.29, 0.717) is 0 Å². The third kappa shape index (κ3) is 4.76. The van der Waals surface area contributed by atoms with Gasteiger partial charge in [-0.3, -0.25) is 4.57 Å². The second-order valence-electron chi connectivity index (χ2n) is 5.78. The molecule has 2 rings (SSSR count). The summed E-state index contributed by atoms with van der Waals surface area (Å²) in [6.07, 6.45) is -0.891. The van der Waals surface area contributed by atoms with Gasteiger partial charge in [0.25, 0.3) is 0 Å². The highest BCUT2D eigenvalue weighted by atomic mass is 31.2. The van der Waals surface area contributed by atoms with Crippen LogP contribution in [0.1, 0.15) is 26.9 Å². The first-order chi connectivity index (χ1) is 11.8. The molecule has 0 aromatic heterocycles. The molecule has 5 atom stereocenters. The molecule has 134 valence electrons. The molecule has 0 aliphatic carbocycles. The van der Waals surface area contributed by atoms with Crippen LogP contribution in [0.15, 0.2) is 42.2 Å². The molecule has 7 heteroatoms. The molecule has 1 saturated heterocycles. The normalized spacial score (nSPS) is 31.1. The van der Waals surface area contributed by atoms with Crippen molar-refractivity contribution in [2.45, 2.75) is 44.4 Å². The molecular formula is C17H25O6P. The smallest absolute Gasteiger partial charge is 0.351 e. The van der Waals surface area contributed by atoms with E-state index >= 15 is 0 Å². The Bertz CT molecular complexity index is 635. The Labute approximate surface area is 144 Å². The molecule has 1 unspecified atom stereocenters. The van der Waals surface area contributed by atoms with E-state index in [1.54, 1.807) is 7.11 Å². The number of methoxy groups -OCH3 is 1. The van der Waals surface area contributed by atoms with Crippen LogP contribution in [0.2, 0.25) is 0 Å². The molecule has 1 aliphatic heterocycles. The lowest BCUT2D eigenvalue weighted by molar-refractivity contribution is -0.0694. The van der Waals surface area contributed by atoms with Crippen LogP contribution in [0, 0.1) is 0 Å². The van der Waals surface area contributed by atoms with Gasteiger partial charge in [-0.05, 0) is 25.5 Å². The Kier molecular flexibility index (Phi) is 6.22. The van der Waals surface area contributed by atoms with Crippen LogP contribution in [-0.2, 0) is 23.3 Å². The van der Waals surface area contributed by atoms with Gasteiger partial charge < -0.3 is 23.6 Å². The predicted molar refractivity (Wildman–Crippen MR) is 90.8 cm³/mol. The Morgan fingerprint density at radius 3 is 2.50 bits per heavy atom. The molecule has 1 aromatic rings. The Morgan fingerprint density at radius 2 is 1.96 bits per heavy atom. The average Bonchev–Trinajstić information content (AvgIpc) is 2.92. The first-order valence-electron chi connectivity index (χ1n) is 8.26. The number of benzene rings is 1. The van der Waals surface area contributed by atoms with E-state index < -0.39 is 37.8 Å². The van der Waals surface area contributed by atoms with Crippen molar-refractivity contribution in [3.8, 4) is 0 Å². The molecule has 0 radical (unpaired) electrons. The maximum atomic E-state index is 11.9. The number of hydrogen-bond acceptors (Lipinski definition) is 5. The second kappa shape index (κ2) is 8.39. The maximum absolute atomic E-state index is 11.9. The molecule has 6 nitrogen and oxygen atoms in total. The van der Waals surface area contributed by atoms with Crippen molar-refractivity contribution in [3.63, 3.8) is 0 Å². The lowest BCUT2D eigenvalue weighted by Crippen LogP contribution is -2.36. The van der Waals surface area contributed by atoms with Gasteiger partial charge in [-0.1, -0.05) is 30.3 Å². The highest BCUT2D eigenvalue weighted by Crippen LogP contribution is 2.44. The van der Waals surface area contributed by atoms with Gasteiger partial charge in [-0.15, -0.1) is 0 Å². The summed E-state index contributed by atoms with van der Waals surface area (Å²) in [6.45, 7) is 3.77. The fraction of sp³-hybridized carbons (Fsp3) is 0.529. The van der Waals surface area contributed by atoms with Gasteiger partial charge >= 0.3 is 7.60 Å². The van der Waals surface area contributed by atoms with Crippen LogP contribution < -0.4 is 0 Å². The summed E-state index contributed by atoms with van der Waals surface area (Å²) in [5.74, 6) is -0.527. The van der Waals surface area contributed by atoms with Gasteiger partial charge in [0.1, 0.15) is 24.4 Å². The quantitative estimate of drug-likeness (QED) is 0.755. The third-order valence-corrected chi connectivity index (χ3v) is 4.70. The summed E-state index contributed by atoms with van der Waals surface area (Å²) in [5.41, 5.74) is 0.910. The van der Waals surface area contributed by atoms with Crippen molar-refractivity contribution in [1.82, 2.24) is 0 Å². The maximum Gasteiger partial charge on any atom is 0.351 e. The first kappa shape index (κ1) is 17.8. The standard InChI is InChI=1S/C17H25O6P/c1-12(2)22-16-14(10-11-24(18,19)21-4)23-15(17(16)20-3)13-8-6-5-7-9-13/h5-12,14-17H,1-4H3,(H,18,19)/b11-10+/t14-,15+,16-,17+/m1/s1/i11D. The lowest BCUT2D eigenvalue weighted by Gasteiger charge is -2.24. The Hall–Kier alpha value is -1.01. The van der Waals surface area contributed by atoms with E-state index in [4.69, 9.17) is 15.6 Å². The molecule has 1 aliphatic rings. The van der Waals surface area contributed by atoms with Crippen LogP contribution >= 0.6 is 7.60 Å². The van der Waals surface area contributed by atoms with Crippen molar-refractivity contribution in [2.75, 3.05) is 14.2 Å². The summed E-state index contributed by atoms with van der Waals surface area (Å²) < 4.78 is 41.8. The second-order valence-corrected chi connectivity index (χ2v) is 7.44. The van der Waals surface area contributed by atoms with Crippen LogP contribution in [0.25, 0.3) is 0 Å². The van der Waals surface area contributed by atoms with E-state index in [0.717, 1.165) is 12.7 Å². The van der Waals surface area contributed by atoms with Crippen molar-refractivity contribution in [2.24, 2.45) is 0 Å². The van der Waals surface area contributed by atoms with E-state index in [1.807, 2.05) is 44.2 Å². The van der Waals surface area contributed by atoms with Gasteiger partial charge in [0.05, 0.1) is 7.47 Å². The zero-order valence-corrected chi connectivity index (χ0v) is 15.2. The molecule has 24 heavy (non-hydrogen) atoms. The largest absolute Gasteiger partial charge is 0.376 e. The van der Waals surface area contributed by atoms with E-state index in [2.05, 4.69) is 4.52 Å². The number of ether oxygens (including phenoxy) is 3. The predicted octanol–water partition coefficient (Wildman–Crippen LogP) is 3.28. The molecule has 1 aromatic carbocycles. The summed E-state index contributed by atoms with van der Waals surface area (Å²) in [6, 6.07) is 9.54. The molecule has 0 spiro atoms. The molecule has 1 fully saturated rings. The minimum Gasteiger partial charge on any atom is -0.376 e. The van der Waals surface area contributed by atoms with Crippen molar-refractivity contribution >= 4 is 7.60 Å². The van der Waals surface area contributed by atoms with Crippen molar-refractivity contribution in [1.29, 1.82) is 0 Å². The zero-order valence-electron chi connectivity index (χ0n) is 15.3. The Morgan fingerprint density at radius 1 is 1.29 bits per heavy atom. The summed E-state index contributed by atoms with van der Waals surface area (Å²) in [4.78, 5) is 9.68. The van der Waals surface area contributed by atoms with Gasteiger partial charge in [0, 0.05) is 20.0 Å². The summed E-state index contributed by atoms with van der Waals surface area (Å²) in [5, 5.41) is 0. The monoisotopic (exact) mass is 357 g/mol. The van der Waals surface area contributed by atoms with E-state index in [9.17, 15) is 9.46 Å². The highest BCUT2D eigenvalue weighted by Gasteiger charge is 2.45. The lowest BCUT2D eigenvalue weighted by atomic mass is 10.0. The molecule has 1 heterocycles. The third-order valence-electron chi connectivity index (χ3n) is 3.73. The summed E-state index contributed by atoms with van der Waals surface area (Å²) >= 11 is 0. The molecule has 0 bridgehead atoms. The molecule has 0 saturated carbocycles.